The highest BCUT2D eigenvalue weighted by Crippen LogP contribution is 2.29. The lowest BCUT2D eigenvalue weighted by Gasteiger charge is -2.30. The van der Waals surface area contributed by atoms with Gasteiger partial charge in [0.15, 0.2) is 0 Å². The number of benzene rings is 1. The van der Waals surface area contributed by atoms with E-state index in [0.29, 0.717) is 12.5 Å². The molecule has 7 heteroatoms. The Bertz CT molecular complexity index is 707. The first kappa shape index (κ1) is 20.5. The number of amides is 1. The van der Waals surface area contributed by atoms with Crippen LogP contribution in [0.5, 0.6) is 5.75 Å². The van der Waals surface area contributed by atoms with Crippen molar-refractivity contribution in [2.45, 2.75) is 76.9 Å². The molecular weight excluding hydrogens is 362 g/mol. The molecule has 28 heavy (non-hydrogen) atoms. The van der Waals surface area contributed by atoms with E-state index in [-0.39, 0.29) is 6.54 Å². The number of hydrogen-bond donors (Lipinski definition) is 1. The second-order valence-electron chi connectivity index (χ2n) is 8.51. The Morgan fingerprint density at radius 3 is 2.36 bits per heavy atom. The van der Waals surface area contributed by atoms with Crippen LogP contribution in [0.3, 0.4) is 0 Å². The SMILES string of the molecule is CC(=O)O[C@H]1[C@@H](Cc2ccc(OC3CC3)cc2)N(C(=O)OC(C)(C)C)C[C@@H]1O. The quantitative estimate of drug-likeness (QED) is 0.777. The van der Waals surface area contributed by atoms with Gasteiger partial charge in [-0.1, -0.05) is 12.1 Å². The second-order valence-corrected chi connectivity index (χ2v) is 8.51. The van der Waals surface area contributed by atoms with Gasteiger partial charge in [0.1, 0.15) is 23.6 Å². The Balaban J connectivity index is 1.76. The fraction of sp³-hybridized carbons (Fsp3) is 0.619. The van der Waals surface area contributed by atoms with Gasteiger partial charge in [-0.3, -0.25) is 9.69 Å². The van der Waals surface area contributed by atoms with E-state index in [9.17, 15) is 14.7 Å². The maximum Gasteiger partial charge on any atom is 0.410 e. The van der Waals surface area contributed by atoms with E-state index in [4.69, 9.17) is 14.2 Å². The molecular formula is C21H29NO6. The number of carbonyl (C=O) groups is 2. The van der Waals surface area contributed by atoms with Crippen LogP contribution in [-0.4, -0.2) is 58.6 Å². The van der Waals surface area contributed by atoms with Crippen molar-refractivity contribution in [3.63, 3.8) is 0 Å². The van der Waals surface area contributed by atoms with Crippen molar-refractivity contribution in [1.82, 2.24) is 4.90 Å². The Labute approximate surface area is 165 Å². The van der Waals surface area contributed by atoms with Crippen LogP contribution in [0.4, 0.5) is 4.79 Å². The van der Waals surface area contributed by atoms with E-state index in [0.717, 1.165) is 24.2 Å². The summed E-state index contributed by atoms with van der Waals surface area (Å²) >= 11 is 0. The standard InChI is InChI=1S/C21H29NO6/c1-13(23)26-19-17(22(12-18(19)24)20(25)28-21(2,3)4)11-14-5-7-15(8-6-14)27-16-9-10-16/h5-8,16-19,24H,9-12H2,1-4H3/t17-,18+,19+/m1/s1. The normalized spacial score (nSPS) is 24.8. The molecule has 1 N–H and O–H groups in total. The van der Waals surface area contributed by atoms with Crippen LogP contribution in [0, 0.1) is 0 Å². The fourth-order valence-electron chi connectivity index (χ4n) is 3.30. The van der Waals surface area contributed by atoms with Gasteiger partial charge in [0, 0.05) is 6.92 Å². The number of ether oxygens (including phenoxy) is 3. The van der Waals surface area contributed by atoms with Crippen molar-refractivity contribution in [1.29, 1.82) is 0 Å². The molecule has 1 amide bonds. The zero-order chi connectivity index (χ0) is 20.5. The molecule has 7 nitrogen and oxygen atoms in total. The maximum absolute atomic E-state index is 12.7. The number of nitrogens with zero attached hydrogens (tertiary/aromatic N) is 1. The van der Waals surface area contributed by atoms with Crippen molar-refractivity contribution < 1.29 is 28.9 Å². The van der Waals surface area contributed by atoms with Gasteiger partial charge in [-0.2, -0.15) is 0 Å². The summed E-state index contributed by atoms with van der Waals surface area (Å²) in [6.45, 7) is 6.71. The average molecular weight is 391 g/mol. The summed E-state index contributed by atoms with van der Waals surface area (Å²) in [5.41, 5.74) is 0.293. The summed E-state index contributed by atoms with van der Waals surface area (Å²) in [6.07, 6.45) is 0.656. The summed E-state index contributed by atoms with van der Waals surface area (Å²) < 4.78 is 16.6. The van der Waals surface area contributed by atoms with E-state index >= 15 is 0 Å². The molecule has 2 aliphatic rings. The van der Waals surface area contributed by atoms with Crippen LogP contribution in [0.15, 0.2) is 24.3 Å². The van der Waals surface area contributed by atoms with Gasteiger partial charge in [0.2, 0.25) is 0 Å². The molecule has 1 aliphatic carbocycles. The number of β-amino-alcohol motifs (C(OH)–C–C–N with tert-alkyl or cyclic N) is 1. The Morgan fingerprint density at radius 1 is 1.18 bits per heavy atom. The predicted octanol–water partition coefficient (Wildman–Crippen LogP) is 2.68. The van der Waals surface area contributed by atoms with Crippen molar-refractivity contribution >= 4 is 12.1 Å². The minimum absolute atomic E-state index is 0.0560. The molecule has 154 valence electrons. The van der Waals surface area contributed by atoms with Gasteiger partial charge in [-0.05, 0) is 57.7 Å². The number of aliphatic hydroxyl groups is 1. The molecule has 1 saturated heterocycles. The highest BCUT2D eigenvalue weighted by Gasteiger charge is 2.46. The van der Waals surface area contributed by atoms with Crippen molar-refractivity contribution in [3.8, 4) is 5.75 Å². The van der Waals surface area contributed by atoms with Crippen LogP contribution < -0.4 is 4.74 Å². The lowest BCUT2D eigenvalue weighted by molar-refractivity contribution is -0.151. The van der Waals surface area contributed by atoms with E-state index < -0.39 is 35.9 Å². The van der Waals surface area contributed by atoms with Gasteiger partial charge in [-0.25, -0.2) is 4.79 Å². The third-order valence-corrected chi connectivity index (χ3v) is 4.67. The smallest absolute Gasteiger partial charge is 0.410 e. The van der Waals surface area contributed by atoms with E-state index in [1.165, 1.54) is 11.8 Å². The third-order valence-electron chi connectivity index (χ3n) is 4.67. The third kappa shape index (κ3) is 5.38. The minimum atomic E-state index is -0.959. The van der Waals surface area contributed by atoms with Crippen molar-refractivity contribution in [2.24, 2.45) is 0 Å². The number of likely N-dealkylation sites (tertiary alicyclic amines) is 1. The molecule has 0 spiro atoms. The van der Waals surface area contributed by atoms with Crippen LogP contribution in [-0.2, 0) is 20.7 Å². The zero-order valence-electron chi connectivity index (χ0n) is 16.9. The van der Waals surface area contributed by atoms with Crippen molar-refractivity contribution in [3.05, 3.63) is 29.8 Å². The first-order chi connectivity index (χ1) is 13.1. The molecule has 0 radical (unpaired) electrons. The van der Waals surface area contributed by atoms with E-state index in [1.807, 2.05) is 24.3 Å². The molecule has 2 fully saturated rings. The zero-order valence-corrected chi connectivity index (χ0v) is 16.9. The maximum atomic E-state index is 12.7. The molecule has 1 aromatic carbocycles. The highest BCUT2D eigenvalue weighted by molar-refractivity contribution is 5.70. The fourth-order valence-corrected chi connectivity index (χ4v) is 3.30. The lowest BCUT2D eigenvalue weighted by Crippen LogP contribution is -2.45. The first-order valence-electron chi connectivity index (χ1n) is 9.73. The number of aliphatic hydroxyl groups excluding tert-OH is 1. The molecule has 3 atom stereocenters. The number of carbonyl (C=O) groups excluding carboxylic acids is 2. The van der Waals surface area contributed by atoms with E-state index in [1.54, 1.807) is 20.8 Å². The lowest BCUT2D eigenvalue weighted by atomic mass is 10.0. The minimum Gasteiger partial charge on any atom is -0.490 e. The molecule has 1 aliphatic heterocycles. The number of hydrogen-bond acceptors (Lipinski definition) is 6. The van der Waals surface area contributed by atoms with Gasteiger partial charge in [-0.15, -0.1) is 0 Å². The monoisotopic (exact) mass is 391 g/mol. The Morgan fingerprint density at radius 2 is 1.82 bits per heavy atom. The van der Waals surface area contributed by atoms with Crippen LogP contribution in [0.25, 0.3) is 0 Å². The summed E-state index contributed by atoms with van der Waals surface area (Å²) in [6, 6.07) is 7.15. The molecule has 1 heterocycles. The molecule has 3 rings (SSSR count). The molecule has 0 bridgehead atoms. The van der Waals surface area contributed by atoms with Crippen LogP contribution in [0.1, 0.15) is 46.1 Å². The van der Waals surface area contributed by atoms with E-state index in [2.05, 4.69) is 0 Å². The van der Waals surface area contributed by atoms with Crippen molar-refractivity contribution in [2.75, 3.05) is 6.54 Å². The second kappa shape index (κ2) is 7.99. The Kier molecular flexibility index (Phi) is 5.84. The largest absolute Gasteiger partial charge is 0.490 e. The number of rotatable bonds is 5. The summed E-state index contributed by atoms with van der Waals surface area (Å²) in [7, 11) is 0. The topological polar surface area (TPSA) is 85.3 Å². The van der Waals surface area contributed by atoms with Crippen LogP contribution in [0.2, 0.25) is 0 Å². The van der Waals surface area contributed by atoms with Gasteiger partial charge in [0.05, 0.1) is 18.7 Å². The summed E-state index contributed by atoms with van der Waals surface area (Å²) in [5, 5.41) is 10.4. The first-order valence-corrected chi connectivity index (χ1v) is 9.73. The van der Waals surface area contributed by atoms with Gasteiger partial charge in [0.25, 0.3) is 0 Å². The summed E-state index contributed by atoms with van der Waals surface area (Å²) in [5.74, 6) is 0.325. The summed E-state index contributed by atoms with van der Waals surface area (Å²) in [4.78, 5) is 25.6. The average Bonchev–Trinajstić information content (AvgIpc) is 3.34. The van der Waals surface area contributed by atoms with Gasteiger partial charge < -0.3 is 19.3 Å². The highest BCUT2D eigenvalue weighted by atomic mass is 16.6. The molecule has 0 unspecified atom stereocenters. The molecule has 0 aromatic heterocycles. The molecule has 1 aromatic rings. The van der Waals surface area contributed by atoms with Gasteiger partial charge >= 0.3 is 12.1 Å². The van der Waals surface area contributed by atoms with Crippen LogP contribution >= 0.6 is 0 Å². The number of esters is 1. The predicted molar refractivity (Wildman–Crippen MR) is 102 cm³/mol. The molecule has 1 saturated carbocycles. The Hall–Kier alpha value is -2.28.